The fourth-order valence-corrected chi connectivity index (χ4v) is 3.80. The quantitative estimate of drug-likeness (QED) is 0.781. The molecule has 7 heteroatoms. The van der Waals surface area contributed by atoms with E-state index in [1.165, 1.54) is 11.8 Å². The number of nitrogens with zero attached hydrogens (tertiary/aromatic N) is 2. The van der Waals surface area contributed by atoms with Crippen molar-refractivity contribution in [3.8, 4) is 0 Å². The second-order valence-electron chi connectivity index (χ2n) is 7.13. The molecular weight excluding hydrogens is 324 g/mol. The number of ether oxygens (including phenoxy) is 1. The Morgan fingerprint density at radius 3 is 2.60 bits per heavy atom. The molecule has 0 radical (unpaired) electrons. The predicted octanol–water partition coefficient (Wildman–Crippen LogP) is 1.51. The van der Waals surface area contributed by atoms with Gasteiger partial charge in [0.25, 0.3) is 0 Å². The number of hydrogen-bond donors (Lipinski definition) is 1. The summed E-state index contributed by atoms with van der Waals surface area (Å²) in [6.07, 6.45) is 5.82. The largest absolute Gasteiger partial charge is 0.480 e. The molecule has 0 spiro atoms. The van der Waals surface area contributed by atoms with E-state index >= 15 is 0 Å². The van der Waals surface area contributed by atoms with Crippen LogP contribution in [0.5, 0.6) is 0 Å². The first-order chi connectivity index (χ1) is 12.0. The summed E-state index contributed by atoms with van der Waals surface area (Å²) in [7, 11) is 0. The molecule has 0 bridgehead atoms. The number of aliphatic carboxylic acids is 1. The number of hydrogen-bond acceptors (Lipinski definition) is 4. The topological polar surface area (TPSA) is 87.2 Å². The predicted molar refractivity (Wildman–Crippen MR) is 92.0 cm³/mol. The van der Waals surface area contributed by atoms with Crippen molar-refractivity contribution in [2.24, 2.45) is 5.92 Å². The van der Waals surface area contributed by atoms with Crippen molar-refractivity contribution in [3.05, 3.63) is 0 Å². The zero-order valence-electron chi connectivity index (χ0n) is 15.1. The maximum absolute atomic E-state index is 12.5. The number of carbonyl (C=O) groups is 3. The number of rotatable bonds is 6. The molecule has 0 saturated carbocycles. The summed E-state index contributed by atoms with van der Waals surface area (Å²) in [5.41, 5.74) is 0. The van der Waals surface area contributed by atoms with E-state index in [2.05, 4.69) is 0 Å². The van der Waals surface area contributed by atoms with E-state index in [1.54, 1.807) is 0 Å². The maximum Gasteiger partial charge on any atom is 0.323 e. The summed E-state index contributed by atoms with van der Waals surface area (Å²) in [6, 6.07) is -0.0989. The molecule has 2 atom stereocenters. The zero-order chi connectivity index (χ0) is 18.2. The smallest absolute Gasteiger partial charge is 0.323 e. The summed E-state index contributed by atoms with van der Waals surface area (Å²) < 4.78 is 5.46. The highest BCUT2D eigenvalue weighted by Crippen LogP contribution is 2.21. The third-order valence-electron chi connectivity index (χ3n) is 5.22. The molecule has 0 aliphatic carbocycles. The van der Waals surface area contributed by atoms with Crippen molar-refractivity contribution < 1.29 is 24.2 Å². The first-order valence-electron chi connectivity index (χ1n) is 9.32. The summed E-state index contributed by atoms with van der Waals surface area (Å²) in [6.45, 7) is 4.01. The SMILES string of the molecule is CC(=O)N(CC(=O)O)[C@H]1CCCN(C(=O)CC[C@@H]2CCCOC2)CC1. The van der Waals surface area contributed by atoms with Gasteiger partial charge in [-0.1, -0.05) is 0 Å². The van der Waals surface area contributed by atoms with Gasteiger partial charge in [0.15, 0.2) is 0 Å². The van der Waals surface area contributed by atoms with E-state index in [-0.39, 0.29) is 24.4 Å². The summed E-state index contributed by atoms with van der Waals surface area (Å²) in [5, 5.41) is 9.00. The second kappa shape index (κ2) is 9.75. The molecule has 142 valence electrons. The molecule has 2 saturated heterocycles. The molecule has 25 heavy (non-hydrogen) atoms. The third-order valence-corrected chi connectivity index (χ3v) is 5.22. The Balaban J connectivity index is 1.81. The van der Waals surface area contributed by atoms with Crippen LogP contribution in [0.25, 0.3) is 0 Å². The van der Waals surface area contributed by atoms with Gasteiger partial charge in [-0.3, -0.25) is 14.4 Å². The van der Waals surface area contributed by atoms with E-state index in [0.717, 1.165) is 45.3 Å². The molecule has 2 aliphatic heterocycles. The number of amides is 2. The van der Waals surface area contributed by atoms with Gasteiger partial charge < -0.3 is 19.6 Å². The Morgan fingerprint density at radius 2 is 1.96 bits per heavy atom. The molecule has 2 aliphatic rings. The fraction of sp³-hybridized carbons (Fsp3) is 0.833. The lowest BCUT2D eigenvalue weighted by atomic mass is 9.96. The van der Waals surface area contributed by atoms with Crippen molar-refractivity contribution >= 4 is 17.8 Å². The van der Waals surface area contributed by atoms with E-state index in [1.807, 2.05) is 4.90 Å². The van der Waals surface area contributed by atoms with Crippen molar-refractivity contribution in [1.82, 2.24) is 9.80 Å². The van der Waals surface area contributed by atoms with Gasteiger partial charge in [0.05, 0.1) is 0 Å². The first kappa shape index (κ1) is 19.7. The van der Waals surface area contributed by atoms with Gasteiger partial charge in [-0.15, -0.1) is 0 Å². The summed E-state index contributed by atoms with van der Waals surface area (Å²) >= 11 is 0. The number of carboxylic acid groups (broad SMARTS) is 1. The number of carbonyl (C=O) groups excluding carboxylic acids is 2. The Hall–Kier alpha value is -1.63. The van der Waals surface area contributed by atoms with Gasteiger partial charge >= 0.3 is 5.97 Å². The van der Waals surface area contributed by atoms with Crippen LogP contribution >= 0.6 is 0 Å². The minimum Gasteiger partial charge on any atom is -0.480 e. The third kappa shape index (κ3) is 6.30. The molecule has 2 amide bonds. The van der Waals surface area contributed by atoms with Gasteiger partial charge in [0, 0.05) is 45.7 Å². The molecule has 2 rings (SSSR count). The lowest BCUT2D eigenvalue weighted by Gasteiger charge is -2.29. The standard InChI is InChI=1S/C18H30N2O5/c1-14(21)20(12-18(23)24)16-5-2-9-19(10-8-16)17(22)7-6-15-4-3-11-25-13-15/h15-16H,2-13H2,1H3,(H,23,24)/t15-,16-/m0/s1. The lowest BCUT2D eigenvalue weighted by molar-refractivity contribution is -0.145. The fourth-order valence-electron chi connectivity index (χ4n) is 3.80. The van der Waals surface area contributed by atoms with E-state index in [0.29, 0.717) is 31.8 Å². The van der Waals surface area contributed by atoms with Crippen molar-refractivity contribution in [1.29, 1.82) is 0 Å². The summed E-state index contributed by atoms with van der Waals surface area (Å²) in [4.78, 5) is 38.5. The minimum atomic E-state index is -0.998. The Kier molecular flexibility index (Phi) is 7.68. The van der Waals surface area contributed by atoms with Crippen LogP contribution < -0.4 is 0 Å². The average molecular weight is 354 g/mol. The van der Waals surface area contributed by atoms with E-state index in [4.69, 9.17) is 9.84 Å². The van der Waals surface area contributed by atoms with Crippen LogP contribution in [0.4, 0.5) is 0 Å². The highest BCUT2D eigenvalue weighted by Gasteiger charge is 2.27. The molecule has 2 fully saturated rings. The van der Waals surface area contributed by atoms with Crippen LogP contribution in [-0.2, 0) is 19.1 Å². The summed E-state index contributed by atoms with van der Waals surface area (Å²) in [5.74, 6) is -0.563. The molecule has 7 nitrogen and oxygen atoms in total. The molecule has 0 aromatic rings. The lowest BCUT2D eigenvalue weighted by Crippen LogP contribution is -2.43. The van der Waals surface area contributed by atoms with Crippen LogP contribution in [0, 0.1) is 5.92 Å². The van der Waals surface area contributed by atoms with Crippen molar-refractivity contribution in [3.63, 3.8) is 0 Å². The highest BCUT2D eigenvalue weighted by molar-refractivity contribution is 5.80. The van der Waals surface area contributed by atoms with Gasteiger partial charge in [0.1, 0.15) is 6.54 Å². The van der Waals surface area contributed by atoms with Crippen LogP contribution in [0.15, 0.2) is 0 Å². The normalized spacial score (nSPS) is 24.4. The molecule has 2 heterocycles. The molecule has 0 aromatic heterocycles. The molecular formula is C18H30N2O5. The molecule has 0 aromatic carbocycles. The van der Waals surface area contributed by atoms with Crippen LogP contribution in [0.2, 0.25) is 0 Å². The molecule has 1 N–H and O–H groups in total. The first-order valence-corrected chi connectivity index (χ1v) is 9.32. The Labute approximate surface area is 149 Å². The van der Waals surface area contributed by atoms with E-state index in [9.17, 15) is 14.4 Å². The van der Waals surface area contributed by atoms with Gasteiger partial charge in [0.2, 0.25) is 11.8 Å². The Bertz CT molecular complexity index is 476. The van der Waals surface area contributed by atoms with Gasteiger partial charge in [-0.2, -0.15) is 0 Å². The monoisotopic (exact) mass is 354 g/mol. The van der Waals surface area contributed by atoms with Crippen LogP contribution in [0.1, 0.15) is 51.9 Å². The maximum atomic E-state index is 12.5. The number of likely N-dealkylation sites (tertiary alicyclic amines) is 1. The van der Waals surface area contributed by atoms with Crippen LogP contribution in [-0.4, -0.2) is 71.6 Å². The number of carboxylic acids is 1. The van der Waals surface area contributed by atoms with Crippen molar-refractivity contribution in [2.75, 3.05) is 32.8 Å². The van der Waals surface area contributed by atoms with Crippen LogP contribution in [0.3, 0.4) is 0 Å². The molecule has 0 unspecified atom stereocenters. The average Bonchev–Trinajstić information content (AvgIpc) is 2.84. The van der Waals surface area contributed by atoms with Gasteiger partial charge in [-0.05, 0) is 44.4 Å². The van der Waals surface area contributed by atoms with Crippen molar-refractivity contribution in [2.45, 2.75) is 57.9 Å². The highest BCUT2D eigenvalue weighted by atomic mass is 16.5. The Morgan fingerprint density at radius 1 is 1.16 bits per heavy atom. The minimum absolute atomic E-state index is 0.0989. The van der Waals surface area contributed by atoms with Gasteiger partial charge in [-0.25, -0.2) is 0 Å². The second-order valence-corrected chi connectivity index (χ2v) is 7.13. The van der Waals surface area contributed by atoms with E-state index < -0.39 is 5.97 Å². The zero-order valence-corrected chi connectivity index (χ0v) is 15.1.